The van der Waals surface area contributed by atoms with E-state index in [1.54, 1.807) is 0 Å². The number of carbonyl (C=O) groups excluding carboxylic acids is 1. The lowest BCUT2D eigenvalue weighted by molar-refractivity contribution is -0.121. The maximum absolute atomic E-state index is 11.7. The number of nitrogens with two attached hydrogens (primary N) is 1. The van der Waals surface area contributed by atoms with Gasteiger partial charge in [-0.15, -0.1) is 0 Å². The van der Waals surface area contributed by atoms with Crippen LogP contribution in [0.5, 0.6) is 5.75 Å². The zero-order valence-electron chi connectivity index (χ0n) is 14.1. The summed E-state index contributed by atoms with van der Waals surface area (Å²) in [7, 11) is 0. The van der Waals surface area contributed by atoms with Crippen LogP contribution in [0.15, 0.2) is 28.8 Å². The average molecular weight is 332 g/mol. The van der Waals surface area contributed by atoms with Crippen molar-refractivity contribution in [2.24, 2.45) is 5.73 Å². The number of amides is 1. The predicted molar refractivity (Wildman–Crippen MR) is 90.5 cm³/mol. The topological polar surface area (TPSA) is 103 Å². The number of aryl methyl sites for hydroxylation is 1. The van der Waals surface area contributed by atoms with Crippen LogP contribution in [0.4, 0.5) is 0 Å². The fourth-order valence-electron chi connectivity index (χ4n) is 2.09. The average Bonchev–Trinajstić information content (AvgIpc) is 3.02. The van der Waals surface area contributed by atoms with Gasteiger partial charge in [0.2, 0.25) is 17.6 Å². The van der Waals surface area contributed by atoms with Crippen molar-refractivity contribution in [3.8, 4) is 17.1 Å². The summed E-state index contributed by atoms with van der Waals surface area (Å²) >= 11 is 0. The van der Waals surface area contributed by atoms with Crippen LogP contribution in [0.1, 0.15) is 32.6 Å². The van der Waals surface area contributed by atoms with Crippen molar-refractivity contribution in [1.29, 1.82) is 0 Å². The van der Waals surface area contributed by atoms with Crippen LogP contribution in [-0.2, 0) is 11.2 Å². The van der Waals surface area contributed by atoms with E-state index in [2.05, 4.69) is 15.5 Å². The summed E-state index contributed by atoms with van der Waals surface area (Å²) < 4.78 is 10.6. The van der Waals surface area contributed by atoms with Gasteiger partial charge < -0.3 is 20.3 Å². The molecule has 1 unspecified atom stereocenters. The van der Waals surface area contributed by atoms with Crippen LogP contribution in [0.3, 0.4) is 0 Å². The van der Waals surface area contributed by atoms with Crippen LogP contribution in [0, 0.1) is 0 Å². The van der Waals surface area contributed by atoms with Crippen molar-refractivity contribution in [3.63, 3.8) is 0 Å². The van der Waals surface area contributed by atoms with Gasteiger partial charge in [0, 0.05) is 31.0 Å². The molecule has 7 heteroatoms. The van der Waals surface area contributed by atoms with Gasteiger partial charge in [-0.1, -0.05) is 5.16 Å². The fraction of sp³-hybridized carbons (Fsp3) is 0.471. The summed E-state index contributed by atoms with van der Waals surface area (Å²) in [5.41, 5.74) is 6.48. The van der Waals surface area contributed by atoms with E-state index >= 15 is 0 Å². The lowest BCUT2D eigenvalue weighted by Gasteiger charge is -2.06. The van der Waals surface area contributed by atoms with Gasteiger partial charge in [0.25, 0.3) is 0 Å². The number of nitrogens with one attached hydrogen (secondary N) is 1. The van der Waals surface area contributed by atoms with E-state index in [1.807, 2.05) is 38.1 Å². The molecule has 1 atom stereocenters. The van der Waals surface area contributed by atoms with Gasteiger partial charge in [0.1, 0.15) is 5.75 Å². The summed E-state index contributed by atoms with van der Waals surface area (Å²) in [5, 5.41) is 6.77. The summed E-state index contributed by atoms with van der Waals surface area (Å²) in [6.45, 7) is 5.05. The summed E-state index contributed by atoms with van der Waals surface area (Å²) in [6, 6.07) is 7.56. The molecule has 0 fully saturated rings. The number of aromatic nitrogens is 2. The largest absolute Gasteiger partial charge is 0.494 e. The highest BCUT2D eigenvalue weighted by Gasteiger charge is 2.11. The zero-order chi connectivity index (χ0) is 17.4. The first-order chi connectivity index (χ1) is 11.6. The smallest absolute Gasteiger partial charge is 0.227 e. The molecule has 3 N–H and O–H groups in total. The lowest BCUT2D eigenvalue weighted by Crippen LogP contribution is -2.29. The highest BCUT2D eigenvalue weighted by molar-refractivity contribution is 5.76. The van der Waals surface area contributed by atoms with E-state index in [-0.39, 0.29) is 11.9 Å². The molecular weight excluding hydrogens is 308 g/mol. The standard InChI is InChI=1S/C17H24N4O3/c1-3-23-14-6-4-13(5-7-14)17-20-16(24-21-17)9-8-15(22)19-11-10-12(2)18/h4-7,12H,3,8-11,18H2,1-2H3,(H,19,22). The minimum Gasteiger partial charge on any atom is -0.494 e. The van der Waals surface area contributed by atoms with E-state index in [0.29, 0.717) is 37.7 Å². The number of carbonyl (C=O) groups is 1. The molecule has 0 aliphatic carbocycles. The van der Waals surface area contributed by atoms with Crippen molar-refractivity contribution in [1.82, 2.24) is 15.5 Å². The maximum Gasteiger partial charge on any atom is 0.227 e. The molecule has 0 spiro atoms. The third kappa shape index (κ3) is 5.66. The quantitative estimate of drug-likeness (QED) is 0.727. The van der Waals surface area contributed by atoms with E-state index in [4.69, 9.17) is 15.0 Å². The number of hydrogen-bond donors (Lipinski definition) is 2. The highest BCUT2D eigenvalue weighted by atomic mass is 16.5. The highest BCUT2D eigenvalue weighted by Crippen LogP contribution is 2.20. The first kappa shape index (κ1) is 17.9. The van der Waals surface area contributed by atoms with E-state index in [0.717, 1.165) is 17.7 Å². The van der Waals surface area contributed by atoms with Crippen molar-refractivity contribution in [2.75, 3.05) is 13.2 Å². The molecule has 1 aromatic heterocycles. The minimum absolute atomic E-state index is 0.0449. The van der Waals surface area contributed by atoms with Crippen LogP contribution < -0.4 is 15.8 Å². The summed E-state index contributed by atoms with van der Waals surface area (Å²) in [6.07, 6.45) is 1.48. The second-order valence-corrected chi connectivity index (χ2v) is 5.59. The second-order valence-electron chi connectivity index (χ2n) is 5.59. The van der Waals surface area contributed by atoms with Gasteiger partial charge in [0.05, 0.1) is 6.61 Å². The second kappa shape index (κ2) is 9.02. The van der Waals surface area contributed by atoms with Gasteiger partial charge in [-0.05, 0) is 44.5 Å². The molecule has 0 saturated heterocycles. The number of nitrogens with zero attached hydrogens (tertiary/aromatic N) is 2. The molecule has 2 aromatic rings. The Morgan fingerprint density at radius 2 is 2.12 bits per heavy atom. The molecule has 0 aliphatic rings. The van der Waals surface area contributed by atoms with Gasteiger partial charge in [-0.2, -0.15) is 4.98 Å². The molecular formula is C17H24N4O3. The van der Waals surface area contributed by atoms with Crippen LogP contribution in [-0.4, -0.2) is 35.2 Å². The van der Waals surface area contributed by atoms with E-state index in [9.17, 15) is 4.79 Å². The number of hydrogen-bond acceptors (Lipinski definition) is 6. The SMILES string of the molecule is CCOc1ccc(-c2noc(CCC(=O)NCCC(C)N)n2)cc1. The molecule has 1 amide bonds. The fourth-order valence-corrected chi connectivity index (χ4v) is 2.09. The minimum atomic E-state index is -0.0449. The Balaban J connectivity index is 1.83. The molecule has 0 bridgehead atoms. The Kier molecular flexibility index (Phi) is 6.74. The lowest BCUT2D eigenvalue weighted by atomic mass is 10.2. The molecule has 0 aliphatic heterocycles. The Bertz CT molecular complexity index is 638. The Hall–Kier alpha value is -2.41. The summed E-state index contributed by atoms with van der Waals surface area (Å²) in [4.78, 5) is 16.0. The van der Waals surface area contributed by atoms with Gasteiger partial charge >= 0.3 is 0 Å². The van der Waals surface area contributed by atoms with Gasteiger partial charge in [-0.3, -0.25) is 4.79 Å². The van der Waals surface area contributed by atoms with E-state index in [1.165, 1.54) is 0 Å². The molecule has 0 saturated carbocycles. The van der Waals surface area contributed by atoms with Gasteiger partial charge in [0.15, 0.2) is 0 Å². The molecule has 2 rings (SSSR count). The van der Waals surface area contributed by atoms with Crippen molar-refractivity contribution < 1.29 is 14.1 Å². The Morgan fingerprint density at radius 3 is 2.79 bits per heavy atom. The number of benzene rings is 1. The van der Waals surface area contributed by atoms with Crippen molar-refractivity contribution >= 4 is 5.91 Å². The normalized spacial score (nSPS) is 12.0. The first-order valence-corrected chi connectivity index (χ1v) is 8.16. The predicted octanol–water partition coefficient (Wildman–Crippen LogP) is 1.92. The third-order valence-corrected chi connectivity index (χ3v) is 3.38. The van der Waals surface area contributed by atoms with Crippen LogP contribution >= 0.6 is 0 Å². The monoisotopic (exact) mass is 332 g/mol. The first-order valence-electron chi connectivity index (χ1n) is 8.16. The molecule has 7 nitrogen and oxygen atoms in total. The molecule has 1 heterocycles. The molecule has 24 heavy (non-hydrogen) atoms. The molecule has 0 radical (unpaired) electrons. The number of rotatable bonds is 9. The van der Waals surface area contributed by atoms with Crippen LogP contribution in [0.25, 0.3) is 11.4 Å². The third-order valence-electron chi connectivity index (χ3n) is 3.38. The molecule has 130 valence electrons. The Morgan fingerprint density at radius 1 is 1.38 bits per heavy atom. The van der Waals surface area contributed by atoms with Crippen LogP contribution in [0.2, 0.25) is 0 Å². The van der Waals surface area contributed by atoms with Crippen molar-refractivity contribution in [2.45, 2.75) is 39.2 Å². The maximum atomic E-state index is 11.7. The molecule has 1 aromatic carbocycles. The van der Waals surface area contributed by atoms with Crippen molar-refractivity contribution in [3.05, 3.63) is 30.2 Å². The number of ether oxygens (including phenoxy) is 1. The van der Waals surface area contributed by atoms with E-state index < -0.39 is 0 Å². The summed E-state index contributed by atoms with van der Waals surface area (Å²) in [5.74, 6) is 1.71. The zero-order valence-corrected chi connectivity index (χ0v) is 14.1. The van der Waals surface area contributed by atoms with Gasteiger partial charge in [-0.25, -0.2) is 0 Å². The Labute approximate surface area is 141 Å².